The van der Waals surface area contributed by atoms with Gasteiger partial charge in [-0.15, -0.1) is 0 Å². The van der Waals surface area contributed by atoms with Crippen molar-refractivity contribution in [2.45, 2.75) is 6.92 Å². The number of benzene rings is 5. The van der Waals surface area contributed by atoms with Gasteiger partial charge in [0.25, 0.3) is 0 Å². The van der Waals surface area contributed by atoms with Gasteiger partial charge in [0.15, 0.2) is 0 Å². The van der Waals surface area contributed by atoms with E-state index in [4.69, 9.17) is 5.73 Å². The Morgan fingerprint density at radius 3 is 2.10 bits per heavy atom. The first-order chi connectivity index (χ1) is 15.2. The quantitative estimate of drug-likeness (QED) is 0.262. The summed E-state index contributed by atoms with van der Waals surface area (Å²) in [5.74, 6) is 0. The fourth-order valence-electron chi connectivity index (χ4n) is 4.41. The molecule has 0 aliphatic rings. The number of nitrogens with two attached hydrogens (primary N) is 1. The summed E-state index contributed by atoms with van der Waals surface area (Å²) in [6.45, 7) is 2.96. The number of anilines is 2. The maximum Gasteiger partial charge on any atom is 0.0481 e. The minimum atomic E-state index is 0.793. The summed E-state index contributed by atoms with van der Waals surface area (Å²) in [6, 6.07) is 31.8. The van der Waals surface area contributed by atoms with Crippen molar-refractivity contribution in [3.8, 4) is 22.3 Å². The molecule has 152 valence electrons. The minimum absolute atomic E-state index is 0.793. The molecule has 5 rings (SSSR count). The minimum Gasteiger partial charge on any atom is -0.398 e. The standard InChI is InChI=1S/C28H23BrN2/c1-2-31-25-16-15-18-9-3-5-11-20(18)26(25)27-21-12-6-4-10-19(21)17-23(28(27)30)22-13-7-8-14-24(22)29/h3-17,31H,2,30H2,1H3. The first-order valence-electron chi connectivity index (χ1n) is 10.5. The van der Waals surface area contributed by atoms with Gasteiger partial charge in [-0.05, 0) is 52.2 Å². The van der Waals surface area contributed by atoms with Crippen molar-refractivity contribution >= 4 is 48.8 Å². The monoisotopic (exact) mass is 466 g/mol. The van der Waals surface area contributed by atoms with E-state index in [2.05, 4.69) is 113 Å². The number of nitrogen functional groups attached to an aromatic ring is 1. The maximum absolute atomic E-state index is 6.99. The van der Waals surface area contributed by atoms with Gasteiger partial charge in [0.1, 0.15) is 0 Å². The van der Waals surface area contributed by atoms with E-state index in [-0.39, 0.29) is 0 Å². The summed E-state index contributed by atoms with van der Waals surface area (Å²) < 4.78 is 1.03. The maximum atomic E-state index is 6.99. The zero-order valence-corrected chi connectivity index (χ0v) is 18.9. The summed E-state index contributed by atoms with van der Waals surface area (Å²) in [7, 11) is 0. The summed E-state index contributed by atoms with van der Waals surface area (Å²) >= 11 is 3.72. The second-order valence-corrected chi connectivity index (χ2v) is 8.51. The molecule has 0 aliphatic heterocycles. The van der Waals surface area contributed by atoms with E-state index in [1.807, 2.05) is 6.07 Å². The van der Waals surface area contributed by atoms with Crippen LogP contribution in [-0.4, -0.2) is 6.54 Å². The van der Waals surface area contributed by atoms with Crippen molar-refractivity contribution in [1.82, 2.24) is 0 Å². The fraction of sp³-hybridized carbons (Fsp3) is 0.0714. The van der Waals surface area contributed by atoms with Crippen LogP contribution in [0, 0.1) is 0 Å². The molecule has 0 fully saturated rings. The lowest BCUT2D eigenvalue weighted by Crippen LogP contribution is -2.02. The van der Waals surface area contributed by atoms with E-state index in [0.717, 1.165) is 50.0 Å². The van der Waals surface area contributed by atoms with Crippen molar-refractivity contribution in [3.05, 3.63) is 95.5 Å². The Balaban J connectivity index is 1.96. The molecule has 0 spiro atoms. The molecule has 0 heterocycles. The Labute approximate surface area is 190 Å². The van der Waals surface area contributed by atoms with Crippen LogP contribution in [0.4, 0.5) is 11.4 Å². The van der Waals surface area contributed by atoms with Crippen LogP contribution in [0.2, 0.25) is 0 Å². The Bertz CT molecular complexity index is 1420. The molecule has 0 atom stereocenters. The number of halogens is 1. The highest BCUT2D eigenvalue weighted by atomic mass is 79.9. The zero-order chi connectivity index (χ0) is 21.4. The molecule has 0 saturated carbocycles. The van der Waals surface area contributed by atoms with Crippen molar-refractivity contribution in [1.29, 1.82) is 0 Å². The lowest BCUT2D eigenvalue weighted by Gasteiger charge is -2.21. The Hall–Kier alpha value is -3.30. The van der Waals surface area contributed by atoms with Crippen molar-refractivity contribution < 1.29 is 0 Å². The van der Waals surface area contributed by atoms with E-state index >= 15 is 0 Å². The molecule has 0 saturated heterocycles. The second-order valence-electron chi connectivity index (χ2n) is 7.65. The average Bonchev–Trinajstić information content (AvgIpc) is 2.80. The third-order valence-electron chi connectivity index (χ3n) is 5.80. The van der Waals surface area contributed by atoms with Crippen molar-refractivity contribution in [2.75, 3.05) is 17.6 Å². The van der Waals surface area contributed by atoms with Gasteiger partial charge in [0, 0.05) is 39.1 Å². The number of hydrogen-bond acceptors (Lipinski definition) is 2. The first-order valence-corrected chi connectivity index (χ1v) is 11.3. The molecule has 3 heteroatoms. The van der Waals surface area contributed by atoms with Crippen LogP contribution in [0.25, 0.3) is 43.8 Å². The predicted molar refractivity (Wildman–Crippen MR) is 139 cm³/mol. The van der Waals surface area contributed by atoms with Gasteiger partial charge in [-0.2, -0.15) is 0 Å². The molecular formula is C28H23BrN2. The molecule has 2 nitrogen and oxygen atoms in total. The molecule has 0 unspecified atom stereocenters. The second kappa shape index (κ2) is 8.09. The van der Waals surface area contributed by atoms with Gasteiger partial charge < -0.3 is 11.1 Å². The molecule has 0 aliphatic carbocycles. The number of hydrogen-bond donors (Lipinski definition) is 2. The van der Waals surface area contributed by atoms with Crippen LogP contribution < -0.4 is 11.1 Å². The largest absolute Gasteiger partial charge is 0.398 e. The lowest BCUT2D eigenvalue weighted by atomic mass is 9.87. The smallest absolute Gasteiger partial charge is 0.0481 e. The number of nitrogens with one attached hydrogen (secondary N) is 1. The van der Waals surface area contributed by atoms with Gasteiger partial charge in [0.05, 0.1) is 0 Å². The highest BCUT2D eigenvalue weighted by molar-refractivity contribution is 9.10. The summed E-state index contributed by atoms with van der Waals surface area (Å²) in [5, 5.41) is 8.30. The van der Waals surface area contributed by atoms with E-state index in [0.29, 0.717) is 0 Å². The highest BCUT2D eigenvalue weighted by Crippen LogP contribution is 2.47. The molecule has 3 N–H and O–H groups in total. The SMILES string of the molecule is CCNc1ccc2ccccc2c1-c1c(N)c(-c2ccccc2Br)cc2ccccc12. The van der Waals surface area contributed by atoms with E-state index < -0.39 is 0 Å². The molecule has 31 heavy (non-hydrogen) atoms. The van der Waals surface area contributed by atoms with E-state index in [9.17, 15) is 0 Å². The Morgan fingerprint density at radius 1 is 0.710 bits per heavy atom. The van der Waals surface area contributed by atoms with Gasteiger partial charge in [-0.3, -0.25) is 0 Å². The van der Waals surface area contributed by atoms with Crippen LogP contribution in [0.5, 0.6) is 0 Å². The summed E-state index contributed by atoms with van der Waals surface area (Å²) in [4.78, 5) is 0. The van der Waals surface area contributed by atoms with Gasteiger partial charge in [0.2, 0.25) is 0 Å². The first kappa shape index (κ1) is 19.7. The molecule has 0 aromatic heterocycles. The van der Waals surface area contributed by atoms with Crippen LogP contribution in [0.3, 0.4) is 0 Å². The topological polar surface area (TPSA) is 38.0 Å². The van der Waals surface area contributed by atoms with Gasteiger partial charge in [-0.25, -0.2) is 0 Å². The normalized spacial score (nSPS) is 11.2. The fourth-order valence-corrected chi connectivity index (χ4v) is 4.91. The predicted octanol–water partition coefficient (Wildman–Crippen LogP) is 8.10. The third-order valence-corrected chi connectivity index (χ3v) is 6.49. The third kappa shape index (κ3) is 3.35. The van der Waals surface area contributed by atoms with Crippen molar-refractivity contribution in [2.24, 2.45) is 0 Å². The zero-order valence-electron chi connectivity index (χ0n) is 17.3. The van der Waals surface area contributed by atoms with Crippen LogP contribution in [0.1, 0.15) is 6.92 Å². The Kier molecular flexibility index (Phi) is 5.13. The molecule has 0 bridgehead atoms. The molecular weight excluding hydrogens is 444 g/mol. The van der Waals surface area contributed by atoms with E-state index in [1.165, 1.54) is 16.2 Å². The molecule has 5 aromatic carbocycles. The van der Waals surface area contributed by atoms with E-state index in [1.54, 1.807) is 0 Å². The average molecular weight is 467 g/mol. The lowest BCUT2D eigenvalue weighted by molar-refractivity contribution is 1.22. The number of fused-ring (bicyclic) bond motifs is 2. The Morgan fingerprint density at radius 2 is 1.35 bits per heavy atom. The summed E-state index contributed by atoms with van der Waals surface area (Å²) in [5.41, 5.74) is 13.3. The van der Waals surface area contributed by atoms with Crippen molar-refractivity contribution in [3.63, 3.8) is 0 Å². The molecule has 0 amide bonds. The highest BCUT2D eigenvalue weighted by Gasteiger charge is 2.19. The van der Waals surface area contributed by atoms with Gasteiger partial charge >= 0.3 is 0 Å². The van der Waals surface area contributed by atoms with Gasteiger partial charge in [-0.1, -0.05) is 88.7 Å². The molecule has 5 aromatic rings. The molecule has 0 radical (unpaired) electrons. The van der Waals surface area contributed by atoms with Crippen LogP contribution >= 0.6 is 15.9 Å². The number of rotatable bonds is 4. The summed E-state index contributed by atoms with van der Waals surface area (Å²) in [6.07, 6.45) is 0. The van der Waals surface area contributed by atoms with Crippen LogP contribution in [0.15, 0.2) is 95.5 Å². The van der Waals surface area contributed by atoms with Crippen LogP contribution in [-0.2, 0) is 0 Å².